The zero-order valence-electron chi connectivity index (χ0n) is 15.8. The molecule has 3 rings (SSSR count). The second-order valence-corrected chi connectivity index (χ2v) is 9.18. The highest BCUT2D eigenvalue weighted by molar-refractivity contribution is 7.92. The van der Waals surface area contributed by atoms with Gasteiger partial charge in [0.25, 0.3) is 0 Å². The van der Waals surface area contributed by atoms with Gasteiger partial charge >= 0.3 is 0 Å². The molecule has 2 aromatic rings. The van der Waals surface area contributed by atoms with Gasteiger partial charge < -0.3 is 10.2 Å². The molecule has 0 spiro atoms. The molecule has 1 saturated heterocycles. The van der Waals surface area contributed by atoms with Crippen molar-refractivity contribution in [2.75, 3.05) is 40.4 Å². The smallest absolute Gasteiger partial charge is 0.245 e. The number of carbonyl (C=O) groups excluding carboxylic acids is 1. The molecule has 2 aromatic carbocycles. The Morgan fingerprint density at radius 1 is 1.07 bits per heavy atom. The van der Waals surface area contributed by atoms with Crippen molar-refractivity contribution in [3.05, 3.63) is 53.6 Å². The average Bonchev–Trinajstić information content (AvgIpc) is 2.67. The second kappa shape index (κ2) is 8.84. The third-order valence-electron chi connectivity index (χ3n) is 4.68. The van der Waals surface area contributed by atoms with Crippen molar-refractivity contribution in [1.82, 2.24) is 0 Å². The summed E-state index contributed by atoms with van der Waals surface area (Å²) < 4.78 is 25.4. The van der Waals surface area contributed by atoms with E-state index in [1.165, 1.54) is 19.3 Å². The van der Waals surface area contributed by atoms with E-state index in [2.05, 4.69) is 10.2 Å². The van der Waals surface area contributed by atoms with Gasteiger partial charge in [0.05, 0.1) is 17.0 Å². The fourth-order valence-electron chi connectivity index (χ4n) is 3.27. The van der Waals surface area contributed by atoms with Crippen LogP contribution in [0.1, 0.15) is 19.3 Å². The number of carbonyl (C=O) groups is 1. The number of halogens is 1. The summed E-state index contributed by atoms with van der Waals surface area (Å²) in [4.78, 5) is 14.8. The zero-order chi connectivity index (χ0) is 20.1. The maximum Gasteiger partial charge on any atom is 0.245 e. The van der Waals surface area contributed by atoms with Crippen molar-refractivity contribution >= 4 is 44.6 Å². The van der Waals surface area contributed by atoms with Crippen molar-refractivity contribution in [1.29, 1.82) is 0 Å². The van der Waals surface area contributed by atoms with Gasteiger partial charge in [-0.1, -0.05) is 23.7 Å². The minimum Gasteiger partial charge on any atom is -0.372 e. The van der Waals surface area contributed by atoms with Gasteiger partial charge in [0, 0.05) is 24.5 Å². The van der Waals surface area contributed by atoms with Crippen LogP contribution in [0.4, 0.5) is 17.1 Å². The number of hydrogen-bond acceptors (Lipinski definition) is 4. The molecule has 0 radical (unpaired) electrons. The Morgan fingerprint density at radius 2 is 1.71 bits per heavy atom. The topological polar surface area (TPSA) is 69.7 Å². The monoisotopic (exact) mass is 421 g/mol. The average molecular weight is 422 g/mol. The van der Waals surface area contributed by atoms with Crippen LogP contribution in [0.5, 0.6) is 0 Å². The largest absolute Gasteiger partial charge is 0.372 e. The van der Waals surface area contributed by atoms with Gasteiger partial charge in [-0.25, -0.2) is 8.42 Å². The molecule has 0 bridgehead atoms. The lowest BCUT2D eigenvalue weighted by molar-refractivity contribution is -0.114. The number of sulfonamides is 1. The van der Waals surface area contributed by atoms with E-state index in [-0.39, 0.29) is 17.3 Å². The highest BCUT2D eigenvalue weighted by Crippen LogP contribution is 2.27. The third-order valence-corrected chi connectivity index (χ3v) is 6.13. The van der Waals surface area contributed by atoms with E-state index in [1.807, 2.05) is 24.3 Å². The molecule has 1 N–H and O–H groups in total. The van der Waals surface area contributed by atoms with Crippen LogP contribution >= 0.6 is 11.6 Å². The Bertz CT molecular complexity index is 926. The fraction of sp³-hybridized carbons (Fsp3) is 0.350. The molecular weight excluding hydrogens is 398 g/mol. The van der Waals surface area contributed by atoms with Crippen LogP contribution in [0, 0.1) is 0 Å². The first kappa shape index (κ1) is 20.5. The molecule has 150 valence electrons. The number of nitrogens with zero attached hydrogens (tertiary/aromatic N) is 2. The molecule has 0 saturated carbocycles. The molecule has 0 unspecified atom stereocenters. The number of anilines is 3. The molecular formula is C20H24ClN3O3S. The Hall–Kier alpha value is -2.25. The minimum absolute atomic E-state index is 0.270. The summed E-state index contributed by atoms with van der Waals surface area (Å²) in [6.07, 6.45) is 4.72. The Morgan fingerprint density at radius 3 is 2.32 bits per heavy atom. The second-order valence-electron chi connectivity index (χ2n) is 6.86. The van der Waals surface area contributed by atoms with Crippen LogP contribution in [0.2, 0.25) is 5.02 Å². The van der Waals surface area contributed by atoms with E-state index in [0.717, 1.165) is 29.3 Å². The normalized spacial score (nSPS) is 14.6. The first-order valence-electron chi connectivity index (χ1n) is 9.22. The van der Waals surface area contributed by atoms with E-state index < -0.39 is 15.9 Å². The van der Waals surface area contributed by atoms with Crippen molar-refractivity contribution in [2.45, 2.75) is 19.3 Å². The SMILES string of the molecule is CS(=O)(=O)N(CC(=O)Nc1ccc(N2CCCCC2)cc1)c1ccccc1Cl. The maximum atomic E-state index is 12.5. The van der Waals surface area contributed by atoms with E-state index in [4.69, 9.17) is 11.6 Å². The lowest BCUT2D eigenvalue weighted by atomic mass is 10.1. The van der Waals surface area contributed by atoms with Gasteiger partial charge in [-0.05, 0) is 55.7 Å². The summed E-state index contributed by atoms with van der Waals surface area (Å²) in [6.45, 7) is 1.75. The summed E-state index contributed by atoms with van der Waals surface area (Å²) in [5, 5.41) is 3.03. The van der Waals surface area contributed by atoms with E-state index in [0.29, 0.717) is 5.69 Å². The first-order chi connectivity index (χ1) is 13.3. The molecule has 1 fully saturated rings. The van der Waals surface area contributed by atoms with Crippen LogP contribution in [-0.4, -0.2) is 40.2 Å². The molecule has 0 aliphatic carbocycles. The quantitative estimate of drug-likeness (QED) is 0.771. The van der Waals surface area contributed by atoms with Gasteiger partial charge in [0.15, 0.2) is 0 Å². The van der Waals surface area contributed by atoms with Gasteiger partial charge in [-0.3, -0.25) is 9.10 Å². The van der Waals surface area contributed by atoms with Crippen LogP contribution in [0.25, 0.3) is 0 Å². The first-order valence-corrected chi connectivity index (χ1v) is 11.4. The van der Waals surface area contributed by atoms with E-state index in [9.17, 15) is 13.2 Å². The number of rotatable bonds is 6. The third kappa shape index (κ3) is 5.17. The van der Waals surface area contributed by atoms with Crippen LogP contribution in [0.15, 0.2) is 48.5 Å². The number of amides is 1. The molecule has 8 heteroatoms. The molecule has 0 aromatic heterocycles. The predicted molar refractivity (Wildman–Crippen MR) is 115 cm³/mol. The maximum absolute atomic E-state index is 12.5. The number of piperidine rings is 1. The van der Waals surface area contributed by atoms with E-state index >= 15 is 0 Å². The molecule has 1 aliphatic rings. The summed E-state index contributed by atoms with van der Waals surface area (Å²) in [7, 11) is -3.67. The number of hydrogen-bond donors (Lipinski definition) is 1. The lowest BCUT2D eigenvalue weighted by Gasteiger charge is -2.29. The number of benzene rings is 2. The summed E-state index contributed by atoms with van der Waals surface area (Å²) in [6, 6.07) is 14.2. The van der Waals surface area contributed by atoms with Crippen LogP contribution in [-0.2, 0) is 14.8 Å². The van der Waals surface area contributed by atoms with Crippen LogP contribution < -0.4 is 14.5 Å². The van der Waals surface area contributed by atoms with E-state index in [1.54, 1.807) is 24.3 Å². The Kier molecular flexibility index (Phi) is 6.46. The Labute approximate surface area is 171 Å². The predicted octanol–water partition coefficient (Wildman–Crippen LogP) is 3.74. The Balaban J connectivity index is 1.68. The molecule has 0 atom stereocenters. The van der Waals surface area contributed by atoms with Gasteiger partial charge in [0.1, 0.15) is 6.54 Å². The molecule has 1 aliphatic heterocycles. The highest BCUT2D eigenvalue weighted by Gasteiger charge is 2.23. The van der Waals surface area contributed by atoms with Crippen molar-refractivity contribution in [3.8, 4) is 0 Å². The summed E-state index contributed by atoms with van der Waals surface area (Å²) >= 11 is 6.12. The van der Waals surface area contributed by atoms with Gasteiger partial charge in [0.2, 0.25) is 15.9 Å². The molecule has 1 heterocycles. The number of para-hydroxylation sites is 1. The lowest BCUT2D eigenvalue weighted by Crippen LogP contribution is -2.37. The standard InChI is InChI=1S/C20H24ClN3O3S/c1-28(26,27)24(19-8-4-3-7-18(19)21)15-20(25)22-16-9-11-17(12-10-16)23-13-5-2-6-14-23/h3-4,7-12H,2,5-6,13-15H2,1H3,(H,22,25). The van der Waals surface area contributed by atoms with Crippen molar-refractivity contribution in [2.24, 2.45) is 0 Å². The van der Waals surface area contributed by atoms with Crippen molar-refractivity contribution in [3.63, 3.8) is 0 Å². The van der Waals surface area contributed by atoms with Crippen LogP contribution in [0.3, 0.4) is 0 Å². The fourth-order valence-corrected chi connectivity index (χ4v) is 4.43. The van der Waals surface area contributed by atoms with Gasteiger partial charge in [-0.2, -0.15) is 0 Å². The molecule has 6 nitrogen and oxygen atoms in total. The molecule has 28 heavy (non-hydrogen) atoms. The molecule has 1 amide bonds. The minimum atomic E-state index is -3.67. The summed E-state index contributed by atoms with van der Waals surface area (Å²) in [5.74, 6) is -0.434. The van der Waals surface area contributed by atoms with Gasteiger partial charge in [-0.15, -0.1) is 0 Å². The number of nitrogens with one attached hydrogen (secondary N) is 1. The highest BCUT2D eigenvalue weighted by atomic mass is 35.5. The van der Waals surface area contributed by atoms with Crippen molar-refractivity contribution < 1.29 is 13.2 Å². The summed E-state index contributed by atoms with van der Waals surface area (Å²) in [5.41, 5.74) is 2.03. The zero-order valence-corrected chi connectivity index (χ0v) is 17.3.